The fourth-order valence-corrected chi connectivity index (χ4v) is 7.16. The molecule has 0 amide bonds. The van der Waals surface area contributed by atoms with Crippen molar-refractivity contribution in [2.24, 2.45) is 5.92 Å². The van der Waals surface area contributed by atoms with Crippen molar-refractivity contribution in [2.75, 3.05) is 0 Å². The molecular formula is C20H32O3S2. The third-order valence-corrected chi connectivity index (χ3v) is 8.29. The molecule has 0 aliphatic carbocycles. The molecule has 3 saturated heterocycles. The van der Waals surface area contributed by atoms with Crippen molar-refractivity contribution < 1.29 is 15.0 Å². The number of hydrogen-bond acceptors (Lipinski definition) is 4. The molecule has 0 aromatic rings. The normalized spacial score (nSPS) is 29.8. The molecule has 142 valence electrons. The van der Waals surface area contributed by atoms with Gasteiger partial charge in [-0.2, -0.15) is 0 Å². The van der Waals surface area contributed by atoms with Gasteiger partial charge in [-0.1, -0.05) is 50.5 Å². The first kappa shape index (κ1) is 20.9. The minimum absolute atomic E-state index is 0.255. The largest absolute Gasteiger partial charge is 0.481 e. The third kappa shape index (κ3) is 7.40. The molecule has 3 aliphatic rings. The highest BCUT2D eigenvalue weighted by Crippen LogP contribution is 2.57. The van der Waals surface area contributed by atoms with E-state index >= 15 is 0 Å². The van der Waals surface area contributed by atoms with Crippen molar-refractivity contribution in [3.8, 4) is 0 Å². The molecule has 0 spiro atoms. The zero-order chi connectivity index (χ0) is 18.1. The first-order valence-corrected chi connectivity index (χ1v) is 11.5. The van der Waals surface area contributed by atoms with E-state index in [9.17, 15) is 9.90 Å². The molecule has 3 aliphatic heterocycles. The summed E-state index contributed by atoms with van der Waals surface area (Å²) in [5.74, 6) is -0.0773. The van der Waals surface area contributed by atoms with Crippen molar-refractivity contribution in [2.45, 2.75) is 85.9 Å². The number of aliphatic carboxylic acids is 1. The molecule has 2 N–H and O–H groups in total. The Bertz CT molecular complexity index is 458. The Morgan fingerprint density at radius 1 is 1.24 bits per heavy atom. The van der Waals surface area contributed by atoms with E-state index in [-0.39, 0.29) is 12.5 Å². The predicted octanol–water partition coefficient (Wildman–Crippen LogP) is 5.25. The molecular weight excluding hydrogens is 352 g/mol. The molecule has 2 bridgehead atoms. The van der Waals surface area contributed by atoms with E-state index in [1.54, 1.807) is 0 Å². The highest BCUT2D eigenvalue weighted by Gasteiger charge is 2.45. The van der Waals surface area contributed by atoms with Crippen LogP contribution in [0, 0.1) is 5.92 Å². The molecule has 0 aromatic carbocycles. The minimum atomic E-state index is -0.711. The van der Waals surface area contributed by atoms with E-state index in [0.717, 1.165) is 41.9 Å². The van der Waals surface area contributed by atoms with Gasteiger partial charge >= 0.3 is 5.97 Å². The number of aliphatic hydroxyl groups is 1. The predicted molar refractivity (Wildman–Crippen MR) is 109 cm³/mol. The van der Waals surface area contributed by atoms with Crippen LogP contribution in [-0.2, 0) is 4.79 Å². The zero-order valence-electron chi connectivity index (χ0n) is 15.2. The Labute approximate surface area is 160 Å². The number of carboxylic acid groups (broad SMARTS) is 1. The van der Waals surface area contributed by atoms with Crippen LogP contribution in [0.3, 0.4) is 0 Å². The Morgan fingerprint density at radius 2 is 2.04 bits per heavy atom. The van der Waals surface area contributed by atoms with Gasteiger partial charge < -0.3 is 10.2 Å². The Morgan fingerprint density at radius 3 is 2.76 bits per heavy atom. The summed E-state index contributed by atoms with van der Waals surface area (Å²) in [5, 5.41) is 20.0. The highest BCUT2D eigenvalue weighted by atomic mass is 32.2. The van der Waals surface area contributed by atoms with Crippen LogP contribution in [0.1, 0.15) is 64.7 Å². The quantitative estimate of drug-likeness (QED) is 0.355. The van der Waals surface area contributed by atoms with Gasteiger partial charge in [-0.25, -0.2) is 0 Å². The molecule has 3 nitrogen and oxygen atoms in total. The van der Waals surface area contributed by atoms with Gasteiger partial charge in [-0.05, 0) is 38.0 Å². The van der Waals surface area contributed by atoms with Crippen LogP contribution in [0.5, 0.6) is 0 Å². The smallest absolute Gasteiger partial charge is 0.303 e. The molecule has 25 heavy (non-hydrogen) atoms. The van der Waals surface area contributed by atoms with Crippen LogP contribution in [-0.4, -0.2) is 37.4 Å². The van der Waals surface area contributed by atoms with Crippen LogP contribution in [0.25, 0.3) is 0 Å². The van der Waals surface area contributed by atoms with Gasteiger partial charge in [0.2, 0.25) is 0 Å². The molecule has 0 saturated carbocycles. The molecule has 5 heteroatoms. The van der Waals surface area contributed by atoms with Crippen LogP contribution in [0.4, 0.5) is 0 Å². The second-order valence-corrected chi connectivity index (χ2v) is 10.2. The van der Waals surface area contributed by atoms with Gasteiger partial charge in [0, 0.05) is 16.9 Å². The number of allylic oxidation sites excluding steroid dienone is 2. The topological polar surface area (TPSA) is 57.5 Å². The summed E-state index contributed by atoms with van der Waals surface area (Å²) in [4.78, 5) is 10.5. The van der Waals surface area contributed by atoms with Crippen LogP contribution < -0.4 is 0 Å². The molecule has 3 heterocycles. The third-order valence-electron chi connectivity index (χ3n) is 4.92. The molecule has 1 unspecified atom stereocenters. The Hall–Kier alpha value is -0.390. The van der Waals surface area contributed by atoms with E-state index in [1.807, 2.05) is 6.08 Å². The van der Waals surface area contributed by atoms with Crippen molar-refractivity contribution in [3.05, 3.63) is 24.3 Å². The fraction of sp³-hybridized carbons (Fsp3) is 0.750. The minimum Gasteiger partial charge on any atom is -0.481 e. The number of carboxylic acids is 1. The monoisotopic (exact) mass is 384 g/mol. The van der Waals surface area contributed by atoms with Gasteiger partial charge in [0.05, 0.1) is 10.7 Å². The molecule has 5 atom stereocenters. The van der Waals surface area contributed by atoms with Gasteiger partial charge in [0.25, 0.3) is 0 Å². The summed E-state index contributed by atoms with van der Waals surface area (Å²) in [7, 11) is 0. The van der Waals surface area contributed by atoms with E-state index in [4.69, 9.17) is 5.11 Å². The van der Waals surface area contributed by atoms with E-state index in [2.05, 4.69) is 48.7 Å². The highest BCUT2D eigenvalue weighted by molar-refractivity contribution is 8.19. The summed E-state index contributed by atoms with van der Waals surface area (Å²) in [6, 6.07) is 0. The summed E-state index contributed by atoms with van der Waals surface area (Å²) in [6.07, 6.45) is 16.9. The summed E-state index contributed by atoms with van der Waals surface area (Å²) in [6.45, 7) is 2.19. The lowest BCUT2D eigenvalue weighted by molar-refractivity contribution is -0.137. The molecule has 0 radical (unpaired) electrons. The summed E-state index contributed by atoms with van der Waals surface area (Å²) >= 11 is 4.16. The Balaban J connectivity index is 1.76. The summed E-state index contributed by atoms with van der Waals surface area (Å²) < 4.78 is 0.743. The molecule has 0 aromatic heterocycles. The number of hydrogen-bond donors (Lipinski definition) is 2. The maximum Gasteiger partial charge on any atom is 0.303 e. The number of fused-ring (bicyclic) bond motifs is 2. The number of carbonyl (C=O) groups is 1. The SMILES string of the molecule is CCCCC[C@H](O)/C=C/C1S[C@@H]2C[C@@H](S2)[C@@H]1C/C=C\CCCC(=O)O. The van der Waals surface area contributed by atoms with Gasteiger partial charge in [0.15, 0.2) is 0 Å². The van der Waals surface area contributed by atoms with Crippen molar-refractivity contribution in [1.82, 2.24) is 0 Å². The van der Waals surface area contributed by atoms with Crippen molar-refractivity contribution in [3.63, 3.8) is 0 Å². The van der Waals surface area contributed by atoms with Gasteiger partial charge in [0.1, 0.15) is 0 Å². The molecule has 3 fully saturated rings. The molecule has 3 rings (SSSR count). The average molecular weight is 385 g/mol. The standard InChI is InChI=1S/C20H32O3S2/c1-2-3-6-9-15(21)12-13-17-16(18-14-20(24-17)25-18)10-7-4-5-8-11-19(22)23/h4,7,12-13,15-18,20-21H,2-3,5-6,8-11,14H2,1H3,(H,22,23)/b7-4-,13-12+/t15-,16+,17?,18+,20-/m0/s1. The first-order valence-electron chi connectivity index (χ1n) is 9.64. The maximum atomic E-state index is 10.5. The Kier molecular flexibility index (Phi) is 9.50. The van der Waals surface area contributed by atoms with Crippen molar-refractivity contribution in [1.29, 1.82) is 0 Å². The van der Waals surface area contributed by atoms with Crippen LogP contribution in [0.2, 0.25) is 0 Å². The number of rotatable bonds is 12. The zero-order valence-corrected chi connectivity index (χ0v) is 16.8. The van der Waals surface area contributed by atoms with Gasteiger partial charge in [-0.3, -0.25) is 4.79 Å². The van der Waals surface area contributed by atoms with Crippen LogP contribution in [0.15, 0.2) is 24.3 Å². The lowest BCUT2D eigenvalue weighted by atomic mass is 9.92. The fourth-order valence-electron chi connectivity index (χ4n) is 3.38. The van der Waals surface area contributed by atoms with E-state index < -0.39 is 5.97 Å². The average Bonchev–Trinajstić information content (AvgIpc) is 2.55. The lowest BCUT2D eigenvalue weighted by Gasteiger charge is -2.49. The maximum absolute atomic E-state index is 10.5. The number of thioether (sulfide) groups is 2. The van der Waals surface area contributed by atoms with Gasteiger partial charge in [-0.15, -0.1) is 23.5 Å². The van der Waals surface area contributed by atoms with Crippen LogP contribution >= 0.6 is 23.5 Å². The number of aliphatic hydroxyl groups excluding tert-OH is 1. The lowest BCUT2D eigenvalue weighted by Crippen LogP contribution is -2.43. The second-order valence-electron chi connectivity index (χ2n) is 7.05. The van der Waals surface area contributed by atoms with E-state index in [0.29, 0.717) is 11.2 Å². The van der Waals surface area contributed by atoms with E-state index in [1.165, 1.54) is 19.3 Å². The first-order chi connectivity index (χ1) is 12.1. The second kappa shape index (κ2) is 11.3. The van der Waals surface area contributed by atoms with Crippen molar-refractivity contribution >= 4 is 29.5 Å². The summed E-state index contributed by atoms with van der Waals surface area (Å²) in [5.41, 5.74) is 0. The number of unbranched alkanes of at least 4 members (excludes halogenated alkanes) is 3.